The molecule has 0 amide bonds. The molecule has 78 valence electrons. The van der Waals surface area contributed by atoms with Crippen LogP contribution in [0.25, 0.3) is 11.4 Å². The van der Waals surface area contributed by atoms with Crippen molar-refractivity contribution in [1.82, 2.24) is 14.8 Å². The molecule has 3 heteroatoms. The van der Waals surface area contributed by atoms with Crippen LogP contribution < -0.4 is 0 Å². The van der Waals surface area contributed by atoms with Gasteiger partial charge in [-0.25, -0.2) is 0 Å². The molecule has 1 aromatic heterocycles. The van der Waals surface area contributed by atoms with Gasteiger partial charge in [0.1, 0.15) is 6.33 Å². The molecule has 0 saturated carbocycles. The van der Waals surface area contributed by atoms with E-state index < -0.39 is 0 Å². The molecule has 1 heterocycles. The molecule has 0 atom stereocenters. The number of nitrogens with zero attached hydrogens (tertiary/aromatic N) is 3. The SMILES string of the molecule is Cc1ccccc1-c1nncn1C(C)C. The van der Waals surface area contributed by atoms with Crippen molar-refractivity contribution in [2.75, 3.05) is 0 Å². The summed E-state index contributed by atoms with van der Waals surface area (Å²) < 4.78 is 2.09. The second kappa shape index (κ2) is 3.85. The molecule has 2 rings (SSSR count). The molecule has 15 heavy (non-hydrogen) atoms. The van der Waals surface area contributed by atoms with Gasteiger partial charge in [-0.2, -0.15) is 0 Å². The lowest BCUT2D eigenvalue weighted by Gasteiger charge is -2.11. The Hall–Kier alpha value is -1.64. The van der Waals surface area contributed by atoms with Crippen molar-refractivity contribution in [3.05, 3.63) is 36.2 Å². The highest BCUT2D eigenvalue weighted by atomic mass is 15.3. The first-order valence-corrected chi connectivity index (χ1v) is 5.15. The molecule has 0 unspecified atom stereocenters. The first kappa shape index (κ1) is 9.90. The minimum atomic E-state index is 0.384. The second-order valence-electron chi connectivity index (χ2n) is 3.97. The summed E-state index contributed by atoms with van der Waals surface area (Å²) in [6.07, 6.45) is 1.78. The molecule has 0 bridgehead atoms. The summed E-state index contributed by atoms with van der Waals surface area (Å²) in [6.45, 7) is 6.35. The molecule has 0 N–H and O–H groups in total. The van der Waals surface area contributed by atoms with Crippen LogP contribution >= 0.6 is 0 Å². The quantitative estimate of drug-likeness (QED) is 0.748. The van der Waals surface area contributed by atoms with E-state index in [0.717, 1.165) is 11.4 Å². The van der Waals surface area contributed by atoms with Crippen molar-refractivity contribution in [3.8, 4) is 11.4 Å². The van der Waals surface area contributed by atoms with Gasteiger partial charge < -0.3 is 4.57 Å². The Labute approximate surface area is 89.8 Å². The van der Waals surface area contributed by atoms with Crippen LogP contribution in [0.5, 0.6) is 0 Å². The van der Waals surface area contributed by atoms with Gasteiger partial charge in [-0.1, -0.05) is 24.3 Å². The summed E-state index contributed by atoms with van der Waals surface area (Å²) >= 11 is 0. The maximum Gasteiger partial charge on any atom is 0.164 e. The highest BCUT2D eigenvalue weighted by Crippen LogP contribution is 2.22. The lowest BCUT2D eigenvalue weighted by atomic mass is 10.1. The Balaban J connectivity index is 2.55. The molecule has 0 fully saturated rings. The summed E-state index contributed by atoms with van der Waals surface area (Å²) in [5.41, 5.74) is 2.39. The van der Waals surface area contributed by atoms with E-state index in [2.05, 4.69) is 47.7 Å². The van der Waals surface area contributed by atoms with Crippen LogP contribution in [0.3, 0.4) is 0 Å². The monoisotopic (exact) mass is 201 g/mol. The number of rotatable bonds is 2. The molecule has 0 aliphatic carbocycles. The fourth-order valence-electron chi connectivity index (χ4n) is 1.64. The molecule has 0 radical (unpaired) electrons. The highest BCUT2D eigenvalue weighted by molar-refractivity contribution is 5.59. The van der Waals surface area contributed by atoms with E-state index in [9.17, 15) is 0 Å². The van der Waals surface area contributed by atoms with Gasteiger partial charge in [-0.05, 0) is 26.3 Å². The molecule has 2 aromatic rings. The standard InChI is InChI=1S/C12H15N3/c1-9(2)15-8-13-14-12(15)11-7-5-4-6-10(11)3/h4-9H,1-3H3. The Morgan fingerprint density at radius 1 is 1.20 bits per heavy atom. The van der Waals surface area contributed by atoms with Gasteiger partial charge in [-0.3, -0.25) is 0 Å². The van der Waals surface area contributed by atoms with Gasteiger partial charge >= 0.3 is 0 Å². The van der Waals surface area contributed by atoms with Crippen LogP contribution in [-0.4, -0.2) is 14.8 Å². The lowest BCUT2D eigenvalue weighted by molar-refractivity contribution is 0.604. The molecule has 0 saturated heterocycles. The molecule has 3 nitrogen and oxygen atoms in total. The summed E-state index contributed by atoms with van der Waals surface area (Å²) in [5.74, 6) is 0.947. The van der Waals surface area contributed by atoms with E-state index in [-0.39, 0.29) is 0 Å². The van der Waals surface area contributed by atoms with Crippen molar-refractivity contribution >= 4 is 0 Å². The Bertz CT molecular complexity index is 457. The van der Waals surface area contributed by atoms with E-state index in [1.807, 2.05) is 12.1 Å². The number of hydrogen-bond acceptors (Lipinski definition) is 2. The smallest absolute Gasteiger partial charge is 0.164 e. The van der Waals surface area contributed by atoms with Crippen molar-refractivity contribution < 1.29 is 0 Å². The molecular formula is C12H15N3. The summed E-state index contributed by atoms with van der Waals surface area (Å²) in [6, 6.07) is 8.62. The summed E-state index contributed by atoms with van der Waals surface area (Å²) in [4.78, 5) is 0. The average molecular weight is 201 g/mol. The van der Waals surface area contributed by atoms with Gasteiger partial charge in [0.25, 0.3) is 0 Å². The summed E-state index contributed by atoms with van der Waals surface area (Å²) in [5, 5.41) is 8.16. The van der Waals surface area contributed by atoms with Crippen LogP contribution in [0.4, 0.5) is 0 Å². The maximum absolute atomic E-state index is 4.18. The third kappa shape index (κ3) is 1.77. The molecule has 1 aromatic carbocycles. The first-order chi connectivity index (χ1) is 7.20. The van der Waals surface area contributed by atoms with Crippen LogP contribution in [0.2, 0.25) is 0 Å². The van der Waals surface area contributed by atoms with Gasteiger partial charge in [0.2, 0.25) is 0 Å². The second-order valence-corrected chi connectivity index (χ2v) is 3.97. The zero-order chi connectivity index (χ0) is 10.8. The van der Waals surface area contributed by atoms with E-state index >= 15 is 0 Å². The van der Waals surface area contributed by atoms with Crippen LogP contribution in [0.1, 0.15) is 25.5 Å². The zero-order valence-electron chi connectivity index (χ0n) is 9.31. The Morgan fingerprint density at radius 3 is 2.60 bits per heavy atom. The molecule has 0 spiro atoms. The minimum Gasteiger partial charge on any atom is -0.311 e. The first-order valence-electron chi connectivity index (χ1n) is 5.15. The van der Waals surface area contributed by atoms with Crippen molar-refractivity contribution in [2.24, 2.45) is 0 Å². The molecule has 0 aliphatic rings. The van der Waals surface area contributed by atoms with Gasteiger partial charge in [-0.15, -0.1) is 10.2 Å². The maximum atomic E-state index is 4.18. The largest absolute Gasteiger partial charge is 0.311 e. The Morgan fingerprint density at radius 2 is 1.93 bits per heavy atom. The average Bonchev–Trinajstić information content (AvgIpc) is 2.67. The third-order valence-electron chi connectivity index (χ3n) is 2.52. The summed E-state index contributed by atoms with van der Waals surface area (Å²) in [7, 11) is 0. The Kier molecular flexibility index (Phi) is 2.54. The lowest BCUT2D eigenvalue weighted by Crippen LogP contribution is -2.02. The highest BCUT2D eigenvalue weighted by Gasteiger charge is 2.10. The van der Waals surface area contributed by atoms with E-state index in [0.29, 0.717) is 6.04 Å². The van der Waals surface area contributed by atoms with Crippen molar-refractivity contribution in [2.45, 2.75) is 26.8 Å². The number of aromatic nitrogens is 3. The van der Waals surface area contributed by atoms with Crippen LogP contribution in [0, 0.1) is 6.92 Å². The van der Waals surface area contributed by atoms with Gasteiger partial charge in [0, 0.05) is 11.6 Å². The zero-order valence-corrected chi connectivity index (χ0v) is 9.31. The topological polar surface area (TPSA) is 30.7 Å². The van der Waals surface area contributed by atoms with Crippen molar-refractivity contribution in [3.63, 3.8) is 0 Å². The number of benzene rings is 1. The van der Waals surface area contributed by atoms with Crippen molar-refractivity contribution in [1.29, 1.82) is 0 Å². The van der Waals surface area contributed by atoms with Crippen LogP contribution in [-0.2, 0) is 0 Å². The van der Waals surface area contributed by atoms with E-state index in [4.69, 9.17) is 0 Å². The molecule has 0 aliphatic heterocycles. The third-order valence-corrected chi connectivity index (χ3v) is 2.52. The predicted molar refractivity (Wildman–Crippen MR) is 60.6 cm³/mol. The predicted octanol–water partition coefficient (Wildman–Crippen LogP) is 2.83. The van der Waals surface area contributed by atoms with Crippen LogP contribution in [0.15, 0.2) is 30.6 Å². The molecular weight excluding hydrogens is 186 g/mol. The van der Waals surface area contributed by atoms with E-state index in [1.165, 1.54) is 5.56 Å². The number of hydrogen-bond donors (Lipinski definition) is 0. The van der Waals surface area contributed by atoms with Gasteiger partial charge in [0.05, 0.1) is 0 Å². The normalized spacial score (nSPS) is 10.9. The fraction of sp³-hybridized carbons (Fsp3) is 0.333. The van der Waals surface area contributed by atoms with Gasteiger partial charge in [0.15, 0.2) is 5.82 Å². The number of aryl methyl sites for hydroxylation is 1. The van der Waals surface area contributed by atoms with E-state index in [1.54, 1.807) is 6.33 Å². The minimum absolute atomic E-state index is 0.384. The fourth-order valence-corrected chi connectivity index (χ4v) is 1.64.